The quantitative estimate of drug-likeness (QED) is 0.697. The number of hydrogen-bond acceptors (Lipinski definition) is 3. The molecule has 1 aromatic carbocycles. The van der Waals surface area contributed by atoms with E-state index in [1.165, 1.54) is 18.2 Å². The van der Waals surface area contributed by atoms with Crippen LogP contribution in [0, 0.1) is 0 Å². The summed E-state index contributed by atoms with van der Waals surface area (Å²) in [4.78, 5) is 16.6. The Morgan fingerprint density at radius 2 is 1.83 bits per heavy atom. The van der Waals surface area contributed by atoms with E-state index in [2.05, 4.69) is 11.9 Å². The Labute approximate surface area is 166 Å². The number of amides is 1. The minimum Gasteiger partial charge on any atom is -0.484 e. The van der Waals surface area contributed by atoms with Crippen molar-refractivity contribution in [3.8, 4) is 5.75 Å². The number of halogens is 3. The molecule has 29 heavy (non-hydrogen) atoms. The topological polar surface area (TPSA) is 51.2 Å². The summed E-state index contributed by atoms with van der Waals surface area (Å²) in [6.07, 6.45) is -0.0829. The van der Waals surface area contributed by atoms with Gasteiger partial charge in [-0.2, -0.15) is 13.2 Å². The lowest BCUT2D eigenvalue weighted by Crippen LogP contribution is -2.32. The molecule has 1 heterocycles. The van der Waals surface area contributed by atoms with Crippen molar-refractivity contribution < 1.29 is 22.7 Å². The molecule has 0 spiro atoms. The van der Waals surface area contributed by atoms with Crippen molar-refractivity contribution in [2.75, 3.05) is 0 Å². The number of fused-ring (bicyclic) bond motifs is 1. The molecule has 1 fully saturated rings. The van der Waals surface area contributed by atoms with Crippen LogP contribution in [0.1, 0.15) is 66.3 Å². The molecule has 0 saturated heterocycles. The molecule has 0 aliphatic heterocycles. The molecule has 2 aromatic rings. The van der Waals surface area contributed by atoms with E-state index in [9.17, 15) is 18.0 Å². The molecule has 1 N–H and O–H groups in total. The zero-order chi connectivity index (χ0) is 20.6. The van der Waals surface area contributed by atoms with Crippen LogP contribution < -0.4 is 10.1 Å². The van der Waals surface area contributed by atoms with Gasteiger partial charge in [0.15, 0.2) is 0 Å². The molecule has 0 bridgehead atoms. The summed E-state index contributed by atoms with van der Waals surface area (Å²) in [6.45, 7) is 3.49. The van der Waals surface area contributed by atoms with Gasteiger partial charge in [-0.1, -0.05) is 12.6 Å². The Balaban J connectivity index is 1.60. The van der Waals surface area contributed by atoms with E-state index in [0.717, 1.165) is 41.9 Å². The van der Waals surface area contributed by atoms with Crippen molar-refractivity contribution in [1.29, 1.82) is 0 Å². The van der Waals surface area contributed by atoms with Gasteiger partial charge in [0.05, 0.1) is 17.3 Å². The minimum atomic E-state index is -4.38. The highest BCUT2D eigenvalue weighted by molar-refractivity contribution is 5.87. The van der Waals surface area contributed by atoms with Crippen molar-refractivity contribution in [2.45, 2.75) is 49.9 Å². The number of ether oxygens (including phenoxy) is 1. The molecule has 1 saturated carbocycles. The van der Waals surface area contributed by atoms with Crippen LogP contribution in [0.4, 0.5) is 13.2 Å². The van der Waals surface area contributed by atoms with Gasteiger partial charge in [-0.05, 0) is 67.7 Å². The van der Waals surface area contributed by atoms with Crippen molar-refractivity contribution in [1.82, 2.24) is 10.3 Å². The van der Waals surface area contributed by atoms with Crippen LogP contribution in [0.2, 0.25) is 0 Å². The second-order valence-electron chi connectivity index (χ2n) is 7.46. The zero-order valence-corrected chi connectivity index (χ0v) is 15.7. The summed E-state index contributed by atoms with van der Waals surface area (Å²) < 4.78 is 44.4. The van der Waals surface area contributed by atoms with Crippen molar-refractivity contribution in [3.05, 3.63) is 71.6 Å². The van der Waals surface area contributed by atoms with Crippen molar-refractivity contribution >= 4 is 5.91 Å². The Morgan fingerprint density at radius 3 is 2.45 bits per heavy atom. The van der Waals surface area contributed by atoms with E-state index in [1.807, 2.05) is 12.1 Å². The van der Waals surface area contributed by atoms with E-state index in [4.69, 9.17) is 9.72 Å². The van der Waals surface area contributed by atoms with E-state index < -0.39 is 11.7 Å². The first kappa shape index (κ1) is 19.5. The molecule has 152 valence electrons. The van der Waals surface area contributed by atoms with Crippen LogP contribution in [0.5, 0.6) is 5.75 Å². The van der Waals surface area contributed by atoms with Gasteiger partial charge in [-0.15, -0.1) is 0 Å². The van der Waals surface area contributed by atoms with Gasteiger partial charge in [0.1, 0.15) is 11.9 Å². The van der Waals surface area contributed by atoms with Crippen molar-refractivity contribution in [3.63, 3.8) is 0 Å². The number of carbonyl (C=O) groups excluding carboxylic acids is 1. The Hall–Kier alpha value is -2.83. The summed E-state index contributed by atoms with van der Waals surface area (Å²) in [5.41, 5.74) is 1.92. The minimum absolute atomic E-state index is 0.191. The van der Waals surface area contributed by atoms with Crippen LogP contribution in [-0.2, 0) is 11.0 Å². The molecular weight excluding hydrogens is 381 g/mol. The summed E-state index contributed by atoms with van der Waals surface area (Å²) in [5.74, 6) is 0.561. The summed E-state index contributed by atoms with van der Waals surface area (Å²) in [5, 5.41) is 2.92. The van der Waals surface area contributed by atoms with Crippen molar-refractivity contribution in [2.24, 2.45) is 0 Å². The maximum absolute atomic E-state index is 12.8. The summed E-state index contributed by atoms with van der Waals surface area (Å²) in [7, 11) is 0. The first-order valence-electron chi connectivity index (χ1n) is 9.62. The van der Waals surface area contributed by atoms with Gasteiger partial charge < -0.3 is 10.1 Å². The SMILES string of the molecule is C=CC(=O)N[C@H]1CC[C@@H](Oc2ccc(C(F)(F)F)cc2)c2nc(C3CC3)ccc21. The van der Waals surface area contributed by atoms with E-state index in [1.54, 1.807) is 0 Å². The second kappa shape index (κ2) is 7.54. The number of aromatic nitrogens is 1. The van der Waals surface area contributed by atoms with Crippen LogP contribution in [0.3, 0.4) is 0 Å². The van der Waals surface area contributed by atoms with Gasteiger partial charge in [-0.25, -0.2) is 0 Å². The Bertz CT molecular complexity index is 921. The molecule has 2 aliphatic carbocycles. The number of nitrogens with one attached hydrogen (secondary N) is 1. The smallest absolute Gasteiger partial charge is 0.416 e. The lowest BCUT2D eigenvalue weighted by Gasteiger charge is -2.31. The van der Waals surface area contributed by atoms with Crippen LogP contribution in [0.25, 0.3) is 0 Å². The third kappa shape index (κ3) is 4.28. The monoisotopic (exact) mass is 402 g/mol. The average Bonchev–Trinajstić information content (AvgIpc) is 3.54. The molecule has 1 aromatic heterocycles. The fourth-order valence-electron chi connectivity index (χ4n) is 3.65. The van der Waals surface area contributed by atoms with Gasteiger partial charge in [0, 0.05) is 11.6 Å². The third-order valence-electron chi connectivity index (χ3n) is 5.33. The normalized spacial score (nSPS) is 21.2. The summed E-state index contributed by atoms with van der Waals surface area (Å²) >= 11 is 0. The van der Waals surface area contributed by atoms with Crippen LogP contribution in [-0.4, -0.2) is 10.9 Å². The summed E-state index contributed by atoms with van der Waals surface area (Å²) in [6, 6.07) is 8.47. The number of rotatable bonds is 5. The lowest BCUT2D eigenvalue weighted by molar-refractivity contribution is -0.137. The van der Waals surface area contributed by atoms with Crippen LogP contribution in [0.15, 0.2) is 49.1 Å². The average molecular weight is 402 g/mol. The van der Waals surface area contributed by atoms with E-state index in [0.29, 0.717) is 24.5 Å². The number of hydrogen-bond donors (Lipinski definition) is 1. The molecule has 1 amide bonds. The molecule has 2 aliphatic rings. The molecule has 0 unspecified atom stereocenters. The third-order valence-corrected chi connectivity index (χ3v) is 5.33. The molecule has 7 heteroatoms. The molecule has 4 rings (SSSR count). The predicted octanol–water partition coefficient (Wildman–Crippen LogP) is 5.24. The Kier molecular flexibility index (Phi) is 5.06. The number of carbonyl (C=O) groups is 1. The fraction of sp³-hybridized carbons (Fsp3) is 0.364. The highest BCUT2D eigenvalue weighted by Gasteiger charge is 2.34. The van der Waals surface area contributed by atoms with E-state index >= 15 is 0 Å². The Morgan fingerprint density at radius 1 is 1.10 bits per heavy atom. The first-order valence-corrected chi connectivity index (χ1v) is 9.62. The molecule has 0 radical (unpaired) electrons. The predicted molar refractivity (Wildman–Crippen MR) is 101 cm³/mol. The standard InChI is InChI=1S/C22H21F3N2O2/c1-2-20(28)26-18-11-12-19(21-16(18)9-10-17(27-21)13-3-4-13)29-15-7-5-14(6-8-15)22(23,24)25/h2,5-10,13,18-19H,1,3-4,11-12H2,(H,26,28)/t18-,19+/m0/s1. The fourth-order valence-corrected chi connectivity index (χ4v) is 3.65. The highest BCUT2D eigenvalue weighted by atomic mass is 19.4. The van der Waals surface area contributed by atoms with Gasteiger partial charge in [0.2, 0.25) is 5.91 Å². The molecule has 2 atom stereocenters. The molecule has 4 nitrogen and oxygen atoms in total. The molecular formula is C22H21F3N2O2. The number of pyridine rings is 1. The number of nitrogens with zero attached hydrogens (tertiary/aromatic N) is 1. The first-order chi connectivity index (χ1) is 13.8. The maximum Gasteiger partial charge on any atom is 0.416 e. The number of alkyl halides is 3. The van der Waals surface area contributed by atoms with Gasteiger partial charge in [-0.3, -0.25) is 9.78 Å². The second-order valence-corrected chi connectivity index (χ2v) is 7.46. The zero-order valence-electron chi connectivity index (χ0n) is 15.7. The lowest BCUT2D eigenvalue weighted by atomic mass is 9.88. The van der Waals surface area contributed by atoms with Gasteiger partial charge in [0.25, 0.3) is 0 Å². The number of benzene rings is 1. The largest absolute Gasteiger partial charge is 0.484 e. The van der Waals surface area contributed by atoms with Gasteiger partial charge >= 0.3 is 6.18 Å². The van der Waals surface area contributed by atoms with Crippen LogP contribution >= 0.6 is 0 Å². The van der Waals surface area contributed by atoms with E-state index in [-0.39, 0.29) is 18.1 Å². The highest BCUT2D eigenvalue weighted by Crippen LogP contribution is 2.43. The maximum atomic E-state index is 12.8.